The van der Waals surface area contributed by atoms with Gasteiger partial charge in [-0.05, 0) is 47.9 Å². The SMILES string of the molecule is CCc1ccccc1Nc1ccc(C(=O)NCc2ccc(F)cc2)nn1. The van der Waals surface area contributed by atoms with E-state index in [9.17, 15) is 9.18 Å². The third-order valence-corrected chi connectivity index (χ3v) is 3.92. The highest BCUT2D eigenvalue weighted by Gasteiger charge is 2.09. The third-order valence-electron chi connectivity index (χ3n) is 3.92. The van der Waals surface area contributed by atoms with E-state index < -0.39 is 0 Å². The Balaban J connectivity index is 1.61. The van der Waals surface area contributed by atoms with E-state index in [2.05, 4.69) is 27.8 Å². The molecule has 1 amide bonds. The second kappa shape index (κ2) is 8.20. The first kappa shape index (κ1) is 17.5. The van der Waals surface area contributed by atoms with Gasteiger partial charge in [0, 0.05) is 12.2 Å². The van der Waals surface area contributed by atoms with E-state index in [0.29, 0.717) is 12.4 Å². The number of halogens is 1. The summed E-state index contributed by atoms with van der Waals surface area (Å²) in [4.78, 5) is 12.1. The highest BCUT2D eigenvalue weighted by atomic mass is 19.1. The number of nitrogens with one attached hydrogen (secondary N) is 2. The summed E-state index contributed by atoms with van der Waals surface area (Å²) in [5.74, 6) is -0.0676. The van der Waals surface area contributed by atoms with Gasteiger partial charge in [-0.2, -0.15) is 0 Å². The molecule has 0 bridgehead atoms. The Morgan fingerprint density at radius 2 is 1.77 bits per heavy atom. The number of hydrogen-bond donors (Lipinski definition) is 2. The van der Waals surface area contributed by atoms with E-state index in [-0.39, 0.29) is 17.4 Å². The average molecular weight is 350 g/mol. The fraction of sp³-hybridized carbons (Fsp3) is 0.150. The molecule has 1 aromatic heterocycles. The summed E-state index contributed by atoms with van der Waals surface area (Å²) in [6.45, 7) is 2.38. The van der Waals surface area contributed by atoms with E-state index in [4.69, 9.17) is 0 Å². The molecule has 0 atom stereocenters. The van der Waals surface area contributed by atoms with Crippen LogP contribution in [0.15, 0.2) is 60.7 Å². The topological polar surface area (TPSA) is 66.9 Å². The number of aromatic nitrogens is 2. The second-order valence-corrected chi connectivity index (χ2v) is 5.75. The predicted octanol–water partition coefficient (Wildman–Crippen LogP) is 3.85. The van der Waals surface area contributed by atoms with E-state index >= 15 is 0 Å². The largest absolute Gasteiger partial charge is 0.347 e. The second-order valence-electron chi connectivity index (χ2n) is 5.75. The Bertz CT molecular complexity index is 879. The number of anilines is 2. The summed E-state index contributed by atoms with van der Waals surface area (Å²) in [5, 5.41) is 14.0. The van der Waals surface area contributed by atoms with Gasteiger partial charge in [0.25, 0.3) is 5.91 Å². The van der Waals surface area contributed by atoms with Crippen LogP contribution in [0.3, 0.4) is 0 Å². The van der Waals surface area contributed by atoms with Gasteiger partial charge in [-0.15, -0.1) is 10.2 Å². The number of hydrogen-bond acceptors (Lipinski definition) is 4. The van der Waals surface area contributed by atoms with E-state index in [1.54, 1.807) is 24.3 Å². The first-order chi connectivity index (χ1) is 12.7. The molecule has 0 fully saturated rings. The molecule has 2 aromatic carbocycles. The number of para-hydroxylation sites is 1. The summed E-state index contributed by atoms with van der Waals surface area (Å²) < 4.78 is 12.9. The smallest absolute Gasteiger partial charge is 0.272 e. The minimum Gasteiger partial charge on any atom is -0.347 e. The first-order valence-electron chi connectivity index (χ1n) is 8.37. The Hall–Kier alpha value is -3.28. The lowest BCUT2D eigenvalue weighted by atomic mass is 10.1. The Morgan fingerprint density at radius 1 is 1.00 bits per heavy atom. The summed E-state index contributed by atoms with van der Waals surface area (Å²) in [6, 6.07) is 17.3. The zero-order valence-corrected chi connectivity index (χ0v) is 14.4. The van der Waals surface area contributed by atoms with E-state index in [1.165, 1.54) is 17.7 Å². The molecular formula is C20H19FN4O. The highest BCUT2D eigenvalue weighted by molar-refractivity contribution is 5.92. The van der Waals surface area contributed by atoms with Gasteiger partial charge >= 0.3 is 0 Å². The molecule has 3 aromatic rings. The van der Waals surface area contributed by atoms with Crippen molar-refractivity contribution in [1.29, 1.82) is 0 Å². The molecule has 0 unspecified atom stereocenters. The molecule has 2 N–H and O–H groups in total. The first-order valence-corrected chi connectivity index (χ1v) is 8.37. The van der Waals surface area contributed by atoms with Gasteiger partial charge in [-0.1, -0.05) is 37.3 Å². The lowest BCUT2D eigenvalue weighted by molar-refractivity contribution is 0.0945. The lowest BCUT2D eigenvalue weighted by Gasteiger charge is -2.10. The van der Waals surface area contributed by atoms with Crippen LogP contribution >= 0.6 is 0 Å². The molecule has 26 heavy (non-hydrogen) atoms. The molecule has 0 saturated heterocycles. The zero-order valence-electron chi connectivity index (χ0n) is 14.4. The van der Waals surface area contributed by atoms with Gasteiger partial charge in [-0.3, -0.25) is 4.79 Å². The average Bonchev–Trinajstić information content (AvgIpc) is 2.68. The summed E-state index contributed by atoms with van der Waals surface area (Å²) in [6.07, 6.45) is 0.903. The maximum absolute atomic E-state index is 12.9. The fourth-order valence-electron chi connectivity index (χ4n) is 2.48. The van der Waals surface area contributed by atoms with Crippen molar-refractivity contribution in [3.8, 4) is 0 Å². The Morgan fingerprint density at radius 3 is 2.46 bits per heavy atom. The number of nitrogens with zero attached hydrogens (tertiary/aromatic N) is 2. The molecule has 132 valence electrons. The fourth-order valence-corrected chi connectivity index (χ4v) is 2.48. The standard InChI is InChI=1S/C20H19FN4O/c1-2-15-5-3-4-6-17(15)23-19-12-11-18(24-25-19)20(26)22-13-14-7-9-16(21)10-8-14/h3-12H,2,13H2,1H3,(H,22,26)(H,23,25). The van der Waals surface area contributed by atoms with Crippen LogP contribution in [0, 0.1) is 5.82 Å². The van der Waals surface area contributed by atoms with Crippen LogP contribution in [0.2, 0.25) is 0 Å². The van der Waals surface area contributed by atoms with Crippen molar-refractivity contribution in [3.63, 3.8) is 0 Å². The summed E-state index contributed by atoms with van der Waals surface area (Å²) in [5.41, 5.74) is 3.18. The lowest BCUT2D eigenvalue weighted by Crippen LogP contribution is -2.24. The molecule has 3 rings (SSSR count). The Kier molecular flexibility index (Phi) is 5.53. The minimum absolute atomic E-state index is 0.224. The van der Waals surface area contributed by atoms with Crippen molar-refractivity contribution in [1.82, 2.24) is 15.5 Å². The quantitative estimate of drug-likeness (QED) is 0.709. The maximum atomic E-state index is 12.9. The number of aryl methyl sites for hydroxylation is 1. The van der Waals surface area contributed by atoms with Gasteiger partial charge in [0.05, 0.1) is 0 Å². The molecule has 5 nitrogen and oxygen atoms in total. The van der Waals surface area contributed by atoms with Crippen molar-refractivity contribution < 1.29 is 9.18 Å². The maximum Gasteiger partial charge on any atom is 0.272 e. The molecule has 0 aliphatic heterocycles. The van der Waals surface area contributed by atoms with Crippen molar-refractivity contribution in [2.75, 3.05) is 5.32 Å². The number of benzene rings is 2. The number of amides is 1. The van der Waals surface area contributed by atoms with Crippen molar-refractivity contribution in [2.45, 2.75) is 19.9 Å². The number of rotatable bonds is 6. The van der Waals surface area contributed by atoms with Crippen LogP contribution in [0.1, 0.15) is 28.5 Å². The van der Waals surface area contributed by atoms with E-state index in [1.807, 2.05) is 24.3 Å². The van der Waals surface area contributed by atoms with Crippen LogP contribution in [0.4, 0.5) is 15.9 Å². The van der Waals surface area contributed by atoms with Crippen molar-refractivity contribution >= 4 is 17.4 Å². The molecular weight excluding hydrogens is 331 g/mol. The minimum atomic E-state index is -0.331. The van der Waals surface area contributed by atoms with Crippen LogP contribution in [0.5, 0.6) is 0 Å². The molecule has 1 heterocycles. The molecule has 0 spiro atoms. The normalized spacial score (nSPS) is 10.4. The summed E-state index contributed by atoms with van der Waals surface area (Å²) >= 11 is 0. The van der Waals surface area contributed by atoms with Crippen LogP contribution in [-0.4, -0.2) is 16.1 Å². The molecule has 0 saturated carbocycles. The zero-order chi connectivity index (χ0) is 18.4. The van der Waals surface area contributed by atoms with E-state index in [0.717, 1.165) is 17.7 Å². The molecule has 6 heteroatoms. The van der Waals surface area contributed by atoms with Gasteiger partial charge in [0.1, 0.15) is 5.82 Å². The van der Waals surface area contributed by atoms with Gasteiger partial charge in [0.15, 0.2) is 11.5 Å². The highest BCUT2D eigenvalue weighted by Crippen LogP contribution is 2.19. The molecule has 0 aliphatic carbocycles. The predicted molar refractivity (Wildman–Crippen MR) is 98.7 cm³/mol. The molecule has 0 aliphatic rings. The van der Waals surface area contributed by atoms with Crippen molar-refractivity contribution in [2.24, 2.45) is 0 Å². The third kappa shape index (κ3) is 4.42. The molecule has 0 radical (unpaired) electrons. The number of carbonyl (C=O) groups is 1. The van der Waals surface area contributed by atoms with Gasteiger partial charge in [-0.25, -0.2) is 4.39 Å². The van der Waals surface area contributed by atoms with Crippen LogP contribution in [0.25, 0.3) is 0 Å². The monoisotopic (exact) mass is 350 g/mol. The van der Waals surface area contributed by atoms with Crippen LogP contribution in [-0.2, 0) is 13.0 Å². The number of carbonyl (C=O) groups excluding carboxylic acids is 1. The van der Waals surface area contributed by atoms with Crippen molar-refractivity contribution in [3.05, 3.63) is 83.3 Å². The van der Waals surface area contributed by atoms with Crippen LogP contribution < -0.4 is 10.6 Å². The van der Waals surface area contributed by atoms with Gasteiger partial charge < -0.3 is 10.6 Å². The Labute approximate surface area is 151 Å². The summed E-state index contributed by atoms with van der Waals surface area (Å²) in [7, 11) is 0. The van der Waals surface area contributed by atoms with Gasteiger partial charge in [0.2, 0.25) is 0 Å².